The first-order valence-corrected chi connectivity index (χ1v) is 13.5. The highest BCUT2D eigenvalue weighted by Crippen LogP contribution is 2.50. The number of nitrogens with one attached hydrogen (secondary N) is 2. The molecule has 2 bridgehead atoms. The van der Waals surface area contributed by atoms with Crippen LogP contribution in [0, 0.1) is 23.2 Å². The Kier molecular flexibility index (Phi) is 8.66. The van der Waals surface area contributed by atoms with Crippen molar-refractivity contribution in [3.8, 4) is 0 Å². The minimum Gasteiger partial charge on any atom is -0.369 e. The van der Waals surface area contributed by atoms with Crippen molar-refractivity contribution in [1.82, 2.24) is 10.0 Å². The van der Waals surface area contributed by atoms with Gasteiger partial charge in [-0.15, -0.1) is 0 Å². The molecule has 0 heterocycles. The fraction of sp³-hybridized carbons (Fsp3) is 0.667. The van der Waals surface area contributed by atoms with Crippen molar-refractivity contribution in [2.75, 3.05) is 7.05 Å². The van der Waals surface area contributed by atoms with Crippen LogP contribution < -0.4 is 15.8 Å². The summed E-state index contributed by atoms with van der Waals surface area (Å²) in [5.74, 6) is 1.96. The molecule has 0 aromatic heterocycles. The monoisotopic (exact) mass is 515 g/mol. The second-order valence-electron chi connectivity index (χ2n) is 10.3. The molecule has 6 atom stereocenters. The molecule has 1 aromatic rings. The third-order valence-electron chi connectivity index (χ3n) is 7.73. The number of hydrogen-bond donors (Lipinski definition) is 3. The summed E-state index contributed by atoms with van der Waals surface area (Å²) in [5, 5.41) is 4.05. The molecule has 3 aliphatic rings. The van der Waals surface area contributed by atoms with Crippen LogP contribution in [0.4, 0.5) is 0 Å². The molecule has 0 aliphatic heterocycles. The van der Waals surface area contributed by atoms with Crippen LogP contribution in [-0.4, -0.2) is 35.0 Å². The molecule has 3 saturated carbocycles. The SMILES string of the molecule is CNC1C(C)CC2CC1CC(C)(C(N)=O)C2.O=CC1(NS(=O)c2cccc(Cl)c2Cl)CCC1. The number of carbonyl (C=O) groups excluding carboxylic acids is 2. The summed E-state index contributed by atoms with van der Waals surface area (Å²) in [4.78, 5) is 23.0. The second kappa shape index (κ2) is 10.7. The lowest BCUT2D eigenvalue weighted by molar-refractivity contribution is -0.132. The lowest BCUT2D eigenvalue weighted by Gasteiger charge is -2.49. The van der Waals surface area contributed by atoms with Gasteiger partial charge in [0.1, 0.15) is 17.3 Å². The molecule has 33 heavy (non-hydrogen) atoms. The fourth-order valence-electron chi connectivity index (χ4n) is 5.87. The maximum absolute atomic E-state index is 12.1. The van der Waals surface area contributed by atoms with E-state index in [1.807, 2.05) is 7.05 Å². The number of rotatable bonds is 6. The van der Waals surface area contributed by atoms with Crippen LogP contribution >= 0.6 is 23.2 Å². The van der Waals surface area contributed by atoms with Gasteiger partial charge in [0.05, 0.1) is 20.5 Å². The Balaban J connectivity index is 0.000000186. The standard InChI is InChI=1S/C13H24N2O.C11H11Cl2NO2S/c1-8-4-9-5-10(11(8)15-3)7-13(2,6-9)12(14)16;12-8-3-1-4-9(10(8)13)17(16)14-11(7-15)5-2-6-11/h8-11,15H,4-7H2,1-3H3,(H2,14,16);1,3-4,7,14H,2,5-6H2. The first kappa shape index (κ1) is 26.6. The quantitative estimate of drug-likeness (QED) is 0.492. The highest BCUT2D eigenvalue weighted by atomic mass is 35.5. The Labute approximate surface area is 209 Å². The fourth-order valence-corrected chi connectivity index (χ4v) is 7.65. The van der Waals surface area contributed by atoms with Crippen molar-refractivity contribution in [1.29, 1.82) is 0 Å². The minimum absolute atomic E-state index is 0.105. The van der Waals surface area contributed by atoms with Gasteiger partial charge in [0.15, 0.2) is 0 Å². The topological polar surface area (TPSA) is 101 Å². The molecule has 9 heteroatoms. The molecule has 4 rings (SSSR count). The van der Waals surface area contributed by atoms with Gasteiger partial charge in [-0.1, -0.05) is 43.1 Å². The third kappa shape index (κ3) is 5.81. The van der Waals surface area contributed by atoms with Crippen molar-refractivity contribution in [3.63, 3.8) is 0 Å². The molecule has 0 saturated heterocycles. The lowest BCUT2D eigenvalue weighted by atomic mass is 9.57. The Bertz CT molecular complexity index is 909. The first-order chi connectivity index (χ1) is 15.5. The Morgan fingerprint density at radius 3 is 2.48 bits per heavy atom. The van der Waals surface area contributed by atoms with Gasteiger partial charge in [-0.25, -0.2) is 8.93 Å². The second-order valence-corrected chi connectivity index (χ2v) is 12.2. The molecule has 6 unspecified atom stereocenters. The van der Waals surface area contributed by atoms with E-state index in [2.05, 4.69) is 23.9 Å². The van der Waals surface area contributed by atoms with Crippen LogP contribution in [0.25, 0.3) is 0 Å². The third-order valence-corrected chi connectivity index (χ3v) is 9.99. The predicted octanol–water partition coefficient (Wildman–Crippen LogP) is 4.25. The predicted molar refractivity (Wildman–Crippen MR) is 133 cm³/mol. The maximum Gasteiger partial charge on any atom is 0.223 e. The highest BCUT2D eigenvalue weighted by Gasteiger charge is 2.47. The minimum atomic E-state index is -1.52. The molecule has 0 spiro atoms. The maximum atomic E-state index is 12.1. The van der Waals surface area contributed by atoms with Crippen molar-refractivity contribution >= 4 is 46.4 Å². The van der Waals surface area contributed by atoms with Crippen molar-refractivity contribution in [2.24, 2.45) is 28.9 Å². The van der Waals surface area contributed by atoms with Gasteiger partial charge >= 0.3 is 0 Å². The van der Waals surface area contributed by atoms with E-state index in [9.17, 15) is 13.8 Å². The summed E-state index contributed by atoms with van der Waals surface area (Å²) in [6, 6.07) is 5.50. The summed E-state index contributed by atoms with van der Waals surface area (Å²) in [7, 11) is 0.519. The number of primary amides is 1. The number of carbonyl (C=O) groups is 2. The van der Waals surface area contributed by atoms with Gasteiger partial charge in [0.25, 0.3) is 0 Å². The molecular formula is C24H35Cl2N3O3S. The molecule has 1 amide bonds. The van der Waals surface area contributed by atoms with Crippen molar-refractivity contribution in [3.05, 3.63) is 28.2 Å². The van der Waals surface area contributed by atoms with E-state index in [0.29, 0.717) is 40.6 Å². The van der Waals surface area contributed by atoms with Crippen LogP contribution in [0.1, 0.15) is 58.8 Å². The molecule has 184 valence electrons. The number of amides is 1. The van der Waals surface area contributed by atoms with E-state index in [4.69, 9.17) is 28.9 Å². The number of hydrogen-bond acceptors (Lipinski definition) is 4. The number of fused-ring (bicyclic) bond motifs is 2. The molecule has 3 fully saturated rings. The van der Waals surface area contributed by atoms with E-state index >= 15 is 0 Å². The summed E-state index contributed by atoms with van der Waals surface area (Å²) in [6.07, 6.45) is 7.69. The normalized spacial score (nSPS) is 33.1. The zero-order valence-electron chi connectivity index (χ0n) is 19.5. The number of benzene rings is 1. The first-order valence-electron chi connectivity index (χ1n) is 11.6. The summed E-state index contributed by atoms with van der Waals surface area (Å²) in [5.41, 5.74) is 4.65. The van der Waals surface area contributed by atoms with Crippen LogP contribution in [0.5, 0.6) is 0 Å². The van der Waals surface area contributed by atoms with Gasteiger partial charge in [0, 0.05) is 11.5 Å². The van der Waals surface area contributed by atoms with Crippen LogP contribution in [0.3, 0.4) is 0 Å². The summed E-state index contributed by atoms with van der Waals surface area (Å²) >= 11 is 11.8. The van der Waals surface area contributed by atoms with Crippen LogP contribution in [0.2, 0.25) is 10.0 Å². The van der Waals surface area contributed by atoms with E-state index in [1.165, 1.54) is 12.8 Å². The Morgan fingerprint density at radius 1 is 1.24 bits per heavy atom. The van der Waals surface area contributed by atoms with Gasteiger partial charge in [-0.2, -0.15) is 0 Å². The Hall–Kier alpha value is -0.990. The van der Waals surface area contributed by atoms with Crippen molar-refractivity contribution < 1.29 is 13.8 Å². The lowest BCUT2D eigenvalue weighted by Crippen LogP contribution is -2.52. The average Bonchev–Trinajstić information content (AvgIpc) is 2.72. The smallest absolute Gasteiger partial charge is 0.223 e. The number of halogens is 2. The molecular weight excluding hydrogens is 481 g/mol. The molecule has 1 aromatic carbocycles. The molecule has 0 radical (unpaired) electrons. The average molecular weight is 517 g/mol. The largest absolute Gasteiger partial charge is 0.369 e. The van der Waals surface area contributed by atoms with E-state index in [1.54, 1.807) is 18.2 Å². The highest BCUT2D eigenvalue weighted by molar-refractivity contribution is 7.83. The van der Waals surface area contributed by atoms with Gasteiger partial charge in [-0.3, -0.25) is 4.79 Å². The van der Waals surface area contributed by atoms with Crippen LogP contribution in [-0.2, 0) is 20.6 Å². The Morgan fingerprint density at radius 2 is 1.94 bits per heavy atom. The zero-order valence-corrected chi connectivity index (χ0v) is 21.9. The van der Waals surface area contributed by atoms with Gasteiger partial charge < -0.3 is 15.8 Å². The van der Waals surface area contributed by atoms with Gasteiger partial charge in [-0.05, 0) is 81.9 Å². The molecule has 6 nitrogen and oxygen atoms in total. The zero-order chi connectivity index (χ0) is 24.4. The summed E-state index contributed by atoms with van der Waals surface area (Å²) < 4.78 is 14.9. The molecule has 3 aliphatic carbocycles. The molecule has 4 N–H and O–H groups in total. The van der Waals surface area contributed by atoms with Crippen molar-refractivity contribution in [2.45, 2.75) is 75.3 Å². The van der Waals surface area contributed by atoms with Crippen LogP contribution in [0.15, 0.2) is 23.1 Å². The van der Waals surface area contributed by atoms with E-state index in [0.717, 1.165) is 31.5 Å². The van der Waals surface area contributed by atoms with E-state index < -0.39 is 16.5 Å². The number of nitrogens with two attached hydrogens (primary N) is 1. The van der Waals surface area contributed by atoms with Gasteiger partial charge in [0.2, 0.25) is 5.91 Å². The summed E-state index contributed by atoms with van der Waals surface area (Å²) in [6.45, 7) is 4.38. The number of aldehydes is 1. The van der Waals surface area contributed by atoms with E-state index in [-0.39, 0.29) is 16.3 Å².